The predicted molar refractivity (Wildman–Crippen MR) is 105 cm³/mol. The second kappa shape index (κ2) is 9.73. The van der Waals surface area contributed by atoms with Crippen molar-refractivity contribution in [2.45, 2.75) is 25.3 Å². The van der Waals surface area contributed by atoms with Crippen molar-refractivity contribution in [2.24, 2.45) is 5.92 Å². The molecule has 2 atom stereocenters. The highest BCUT2D eigenvalue weighted by Gasteiger charge is 2.35. The summed E-state index contributed by atoms with van der Waals surface area (Å²) in [5, 5.41) is 9.85. The van der Waals surface area contributed by atoms with Gasteiger partial charge < -0.3 is 19.5 Å². The van der Waals surface area contributed by atoms with Crippen LogP contribution in [0.2, 0.25) is 5.02 Å². The number of likely N-dealkylation sites (tertiary alicyclic amines) is 1. The van der Waals surface area contributed by atoms with E-state index in [-0.39, 0.29) is 12.5 Å². The van der Waals surface area contributed by atoms with Crippen molar-refractivity contribution < 1.29 is 19.4 Å². The highest BCUT2D eigenvalue weighted by molar-refractivity contribution is 6.30. The second-order valence-corrected chi connectivity index (χ2v) is 7.66. The molecule has 2 aliphatic heterocycles. The van der Waals surface area contributed by atoms with Crippen LogP contribution in [0.5, 0.6) is 5.75 Å². The van der Waals surface area contributed by atoms with Gasteiger partial charge >= 0.3 is 0 Å². The van der Waals surface area contributed by atoms with Crippen LogP contribution in [0.1, 0.15) is 29.6 Å². The Morgan fingerprint density at radius 1 is 1.33 bits per heavy atom. The number of piperidine rings is 1. The van der Waals surface area contributed by atoms with Crippen molar-refractivity contribution in [3.05, 3.63) is 28.8 Å². The van der Waals surface area contributed by atoms with E-state index in [1.54, 1.807) is 25.3 Å². The third-order valence-corrected chi connectivity index (χ3v) is 5.86. The van der Waals surface area contributed by atoms with Gasteiger partial charge in [0.05, 0.1) is 25.9 Å². The van der Waals surface area contributed by atoms with Crippen molar-refractivity contribution in [3.63, 3.8) is 0 Å². The summed E-state index contributed by atoms with van der Waals surface area (Å²) in [6.45, 7) is 5.04. The van der Waals surface area contributed by atoms with E-state index >= 15 is 0 Å². The van der Waals surface area contributed by atoms with Gasteiger partial charge in [-0.25, -0.2) is 0 Å². The normalized spacial score (nSPS) is 24.0. The first-order valence-electron chi connectivity index (χ1n) is 9.69. The Balaban J connectivity index is 1.73. The molecule has 0 saturated carbocycles. The summed E-state index contributed by atoms with van der Waals surface area (Å²) in [7, 11) is 1.55. The molecule has 6 nitrogen and oxygen atoms in total. The summed E-state index contributed by atoms with van der Waals surface area (Å²) in [4.78, 5) is 17.5. The fourth-order valence-corrected chi connectivity index (χ4v) is 4.41. The molecular weight excluding hydrogens is 368 g/mol. The van der Waals surface area contributed by atoms with Crippen molar-refractivity contribution in [1.82, 2.24) is 9.80 Å². The summed E-state index contributed by atoms with van der Waals surface area (Å²) in [5.41, 5.74) is 0.549. The largest absolute Gasteiger partial charge is 0.496 e. The van der Waals surface area contributed by atoms with Crippen molar-refractivity contribution in [1.29, 1.82) is 0 Å². The molecule has 7 heteroatoms. The third-order valence-electron chi connectivity index (χ3n) is 5.62. The van der Waals surface area contributed by atoms with Gasteiger partial charge in [0.15, 0.2) is 0 Å². The summed E-state index contributed by atoms with van der Waals surface area (Å²) in [6, 6.07) is 5.58. The first kappa shape index (κ1) is 20.4. The molecular formula is C20H29ClN2O4. The Labute approximate surface area is 166 Å². The van der Waals surface area contributed by atoms with Crippen LogP contribution >= 0.6 is 11.6 Å². The lowest BCUT2D eigenvalue weighted by atomic mass is 9.86. The number of nitrogens with zero attached hydrogens (tertiary/aromatic N) is 2. The quantitative estimate of drug-likeness (QED) is 0.799. The average Bonchev–Trinajstić information content (AvgIpc) is 2.72. The molecule has 27 heavy (non-hydrogen) atoms. The number of aliphatic hydroxyl groups excluding tert-OH is 1. The zero-order valence-corrected chi connectivity index (χ0v) is 16.7. The highest BCUT2D eigenvalue weighted by Crippen LogP contribution is 2.30. The fourth-order valence-electron chi connectivity index (χ4n) is 4.24. The minimum Gasteiger partial charge on any atom is -0.496 e. The van der Waals surface area contributed by atoms with Gasteiger partial charge in [0.2, 0.25) is 0 Å². The number of morpholine rings is 1. The summed E-state index contributed by atoms with van der Waals surface area (Å²) >= 11 is 6.03. The SMILES string of the molecule is COc1cc(Cl)ccc1C(=O)N1CC[C@H](N2CCOCC2)[C@H](CCCO)C1. The van der Waals surface area contributed by atoms with E-state index in [0.717, 1.165) is 52.1 Å². The molecule has 2 saturated heterocycles. The maximum Gasteiger partial charge on any atom is 0.257 e. The van der Waals surface area contributed by atoms with Crippen LogP contribution in [0.4, 0.5) is 0 Å². The molecule has 0 aliphatic carbocycles. The summed E-state index contributed by atoms with van der Waals surface area (Å²) < 4.78 is 10.8. The van der Waals surface area contributed by atoms with E-state index in [2.05, 4.69) is 4.90 Å². The van der Waals surface area contributed by atoms with Gasteiger partial charge in [0.25, 0.3) is 5.91 Å². The van der Waals surface area contributed by atoms with Crippen molar-refractivity contribution >= 4 is 17.5 Å². The van der Waals surface area contributed by atoms with Crippen LogP contribution in [-0.2, 0) is 4.74 Å². The average molecular weight is 397 g/mol. The van der Waals surface area contributed by atoms with Crippen LogP contribution in [0.15, 0.2) is 18.2 Å². The zero-order valence-electron chi connectivity index (χ0n) is 15.9. The minimum atomic E-state index is -0.0158. The Morgan fingerprint density at radius 3 is 2.81 bits per heavy atom. The Kier molecular flexibility index (Phi) is 7.35. The van der Waals surface area contributed by atoms with Gasteiger partial charge in [0.1, 0.15) is 5.75 Å². The van der Waals surface area contributed by atoms with Crippen LogP contribution in [0, 0.1) is 5.92 Å². The lowest BCUT2D eigenvalue weighted by Gasteiger charge is -2.45. The minimum absolute atomic E-state index is 0.0158. The number of carbonyl (C=O) groups is 1. The van der Waals surface area contributed by atoms with Gasteiger partial charge in [-0.1, -0.05) is 11.6 Å². The van der Waals surface area contributed by atoms with E-state index in [1.165, 1.54) is 0 Å². The van der Waals surface area contributed by atoms with Gasteiger partial charge in [-0.3, -0.25) is 9.69 Å². The second-order valence-electron chi connectivity index (χ2n) is 7.23. The molecule has 1 aromatic carbocycles. The smallest absolute Gasteiger partial charge is 0.257 e. The number of methoxy groups -OCH3 is 1. The first-order chi connectivity index (χ1) is 13.1. The zero-order chi connectivity index (χ0) is 19.2. The summed E-state index contributed by atoms with van der Waals surface area (Å²) in [5.74, 6) is 0.846. The van der Waals surface area contributed by atoms with Crippen molar-refractivity contribution in [3.8, 4) is 5.75 Å². The molecule has 2 heterocycles. The molecule has 0 bridgehead atoms. The number of carbonyl (C=O) groups excluding carboxylic acids is 1. The maximum absolute atomic E-state index is 13.1. The first-order valence-corrected chi connectivity index (χ1v) is 10.1. The van der Waals surface area contributed by atoms with E-state index in [0.29, 0.717) is 34.8 Å². The fraction of sp³-hybridized carbons (Fsp3) is 0.650. The van der Waals surface area contributed by atoms with Gasteiger partial charge in [-0.05, 0) is 43.4 Å². The molecule has 3 rings (SSSR count). The highest BCUT2D eigenvalue weighted by atomic mass is 35.5. The van der Waals surface area contributed by atoms with E-state index in [9.17, 15) is 9.90 Å². The number of halogens is 1. The molecule has 2 fully saturated rings. The number of benzene rings is 1. The van der Waals surface area contributed by atoms with Gasteiger partial charge in [-0.2, -0.15) is 0 Å². The predicted octanol–water partition coefficient (Wildman–Crippen LogP) is 2.28. The molecule has 0 unspecified atom stereocenters. The molecule has 150 valence electrons. The Morgan fingerprint density at radius 2 is 2.11 bits per heavy atom. The monoisotopic (exact) mass is 396 g/mol. The molecule has 1 aromatic rings. The van der Waals surface area contributed by atoms with E-state index in [4.69, 9.17) is 21.1 Å². The standard InChI is InChI=1S/C20H29ClN2O4/c1-26-19-13-16(21)4-5-17(19)20(25)23-7-6-18(15(14-23)3-2-10-24)22-8-11-27-12-9-22/h4-5,13,15,18,24H,2-3,6-12,14H2,1H3/t15-,18+/m1/s1. The van der Waals surface area contributed by atoms with Crippen LogP contribution in [0.3, 0.4) is 0 Å². The van der Waals surface area contributed by atoms with E-state index in [1.807, 2.05) is 4.90 Å². The maximum atomic E-state index is 13.1. The lowest BCUT2D eigenvalue weighted by molar-refractivity contribution is -0.0197. The number of hydrogen-bond donors (Lipinski definition) is 1. The van der Waals surface area contributed by atoms with E-state index < -0.39 is 0 Å². The third kappa shape index (κ3) is 4.93. The Hall–Kier alpha value is -1.34. The molecule has 0 spiro atoms. The topological polar surface area (TPSA) is 62.2 Å². The number of aliphatic hydroxyl groups is 1. The van der Waals surface area contributed by atoms with Crippen LogP contribution in [-0.4, -0.2) is 80.0 Å². The number of amides is 1. The lowest BCUT2D eigenvalue weighted by Crippen LogP contribution is -2.55. The number of rotatable bonds is 6. The molecule has 1 amide bonds. The molecule has 0 radical (unpaired) electrons. The molecule has 0 aromatic heterocycles. The Bertz CT molecular complexity index is 636. The number of hydrogen-bond acceptors (Lipinski definition) is 5. The molecule has 1 N–H and O–H groups in total. The van der Waals surface area contributed by atoms with Crippen molar-refractivity contribution in [2.75, 3.05) is 53.1 Å². The molecule has 2 aliphatic rings. The van der Waals surface area contributed by atoms with Gasteiger partial charge in [0, 0.05) is 43.9 Å². The van der Waals surface area contributed by atoms with Gasteiger partial charge in [-0.15, -0.1) is 0 Å². The summed E-state index contributed by atoms with van der Waals surface area (Å²) in [6.07, 6.45) is 2.62. The van der Waals surface area contributed by atoms with Crippen LogP contribution in [0.25, 0.3) is 0 Å². The van der Waals surface area contributed by atoms with Crippen LogP contribution < -0.4 is 4.74 Å². The number of ether oxygens (including phenoxy) is 2.